The van der Waals surface area contributed by atoms with E-state index in [2.05, 4.69) is 36.6 Å². The summed E-state index contributed by atoms with van der Waals surface area (Å²) in [6.07, 6.45) is 12.4. The second-order valence-corrected chi connectivity index (χ2v) is 11.1. The quantitative estimate of drug-likeness (QED) is 0.132. The van der Waals surface area contributed by atoms with Gasteiger partial charge in [0.05, 0.1) is 20.0 Å². The van der Waals surface area contributed by atoms with E-state index < -0.39 is 15.2 Å². The van der Waals surface area contributed by atoms with Crippen molar-refractivity contribution in [3.63, 3.8) is 0 Å². The van der Waals surface area contributed by atoms with Crippen LogP contribution in [0.5, 0.6) is 0 Å². The summed E-state index contributed by atoms with van der Waals surface area (Å²) in [5, 5.41) is 9.39. The summed E-state index contributed by atoms with van der Waals surface area (Å²) in [5.74, 6) is 0. The average Bonchev–Trinajstić information content (AvgIpc) is 3.54. The van der Waals surface area contributed by atoms with Gasteiger partial charge in [-0.15, -0.1) is 0 Å². The first-order valence-electron chi connectivity index (χ1n) is 9.52. The van der Waals surface area contributed by atoms with Crippen molar-refractivity contribution >= 4 is 18.0 Å². The molecule has 16 heteroatoms. The molecule has 4 aliphatic heterocycles. The van der Waals surface area contributed by atoms with Crippen LogP contribution in [0, 0.1) is 6.65 Å². The Morgan fingerprint density at radius 3 is 1.33 bits per heavy atom. The SMILES string of the molecule is C1N2CN3CN1CP(C2)C3.O=S(=O)([O-])C(n1cccn1)(n1cccn1)n1cccn1.[C-]#[O+].[Rh]. The maximum atomic E-state index is 12.0. The fourth-order valence-electron chi connectivity index (χ4n) is 4.22. The molecule has 4 saturated heterocycles. The van der Waals surface area contributed by atoms with Gasteiger partial charge in [-0.25, -0.2) is 22.5 Å². The molecule has 7 rings (SSSR count). The Morgan fingerprint density at radius 2 is 1.12 bits per heavy atom. The van der Waals surface area contributed by atoms with Crippen LogP contribution in [-0.2, 0) is 39.4 Å². The van der Waals surface area contributed by atoms with E-state index >= 15 is 0 Å². The molecule has 3 aromatic rings. The molecule has 3 aromatic heterocycles. The molecule has 0 N–H and O–H groups in total. The number of aromatic nitrogens is 6. The van der Waals surface area contributed by atoms with Crippen molar-refractivity contribution in [3.05, 3.63) is 62.0 Å². The van der Waals surface area contributed by atoms with Crippen LogP contribution < -0.4 is 0 Å². The van der Waals surface area contributed by atoms with E-state index in [-0.39, 0.29) is 19.5 Å². The fraction of sp³-hybridized carbons (Fsp3) is 0.412. The molecular weight excluding hydrogens is 560 g/mol. The zero-order valence-electron chi connectivity index (χ0n) is 17.3. The zero-order chi connectivity index (χ0) is 22.8. The van der Waals surface area contributed by atoms with Crippen LogP contribution in [-0.4, -0.2) is 95.9 Å². The molecule has 4 fully saturated rings. The van der Waals surface area contributed by atoms with Crippen molar-refractivity contribution in [2.45, 2.75) is 5.12 Å². The summed E-state index contributed by atoms with van der Waals surface area (Å²) in [7, 11) is -4.58. The van der Waals surface area contributed by atoms with Crippen molar-refractivity contribution in [2.75, 3.05) is 38.9 Å². The van der Waals surface area contributed by atoms with Crippen LogP contribution in [0.2, 0.25) is 0 Å². The molecular formula is C17H21N9O4PRhS-. The Bertz CT molecular complexity index is 982. The number of rotatable bonds is 4. The van der Waals surface area contributed by atoms with Crippen molar-refractivity contribution < 1.29 is 37.1 Å². The van der Waals surface area contributed by atoms with Gasteiger partial charge in [-0.05, 0) is 18.2 Å². The van der Waals surface area contributed by atoms with E-state index in [1.54, 1.807) is 0 Å². The van der Waals surface area contributed by atoms with E-state index in [4.69, 9.17) is 4.65 Å². The van der Waals surface area contributed by atoms with Crippen LogP contribution in [0.1, 0.15) is 0 Å². The van der Waals surface area contributed by atoms with E-state index in [0.29, 0.717) is 7.92 Å². The Morgan fingerprint density at radius 1 is 0.788 bits per heavy atom. The fourth-order valence-corrected chi connectivity index (χ4v) is 7.73. The minimum atomic E-state index is -4.94. The minimum Gasteiger partial charge on any atom is 0 e. The Kier molecular flexibility index (Phi) is 8.33. The molecule has 1 radical (unpaired) electrons. The van der Waals surface area contributed by atoms with Crippen LogP contribution in [0.25, 0.3) is 0 Å². The molecule has 0 aliphatic carbocycles. The molecule has 179 valence electrons. The summed E-state index contributed by atoms with van der Waals surface area (Å²) >= 11 is 0. The maximum absolute atomic E-state index is 12.0. The summed E-state index contributed by atoms with van der Waals surface area (Å²) in [6, 6.07) is 4.52. The second-order valence-electron chi connectivity index (χ2n) is 7.41. The number of nitrogens with zero attached hydrogens (tertiary/aromatic N) is 9. The summed E-state index contributed by atoms with van der Waals surface area (Å²) in [5.41, 5.74) is 0. The van der Waals surface area contributed by atoms with Crippen LogP contribution >= 0.6 is 7.92 Å². The monoisotopic (exact) mass is 581 g/mol. The molecule has 0 amide bonds. The van der Waals surface area contributed by atoms with Crippen molar-refractivity contribution in [3.8, 4) is 0 Å². The van der Waals surface area contributed by atoms with Gasteiger partial charge in [0.15, 0.2) is 10.1 Å². The molecule has 4 aliphatic rings. The van der Waals surface area contributed by atoms with Gasteiger partial charge in [0.25, 0.3) is 0 Å². The average molecular weight is 581 g/mol. The van der Waals surface area contributed by atoms with Gasteiger partial charge in [-0.1, -0.05) is 7.92 Å². The third kappa shape index (κ3) is 4.88. The van der Waals surface area contributed by atoms with E-state index in [1.807, 2.05) is 0 Å². The molecule has 4 bridgehead atoms. The van der Waals surface area contributed by atoms with Gasteiger partial charge in [-0.2, -0.15) is 15.3 Å². The largest absolute Gasteiger partial charge is 0 e. The first-order valence-corrected chi connectivity index (χ1v) is 12.8. The van der Waals surface area contributed by atoms with E-state index in [0.717, 1.165) is 14.0 Å². The molecule has 0 unspecified atom stereocenters. The predicted octanol–water partition coefficient (Wildman–Crippen LogP) is -0.394. The minimum absolute atomic E-state index is 0. The second kappa shape index (κ2) is 10.6. The molecule has 13 nitrogen and oxygen atoms in total. The smallest absolute Gasteiger partial charge is 0 e. The molecule has 0 saturated carbocycles. The molecule has 33 heavy (non-hydrogen) atoms. The van der Waals surface area contributed by atoms with Gasteiger partial charge in [0.1, 0.15) is 0 Å². The molecule has 0 aromatic carbocycles. The van der Waals surface area contributed by atoms with Gasteiger partial charge in [0.2, 0.25) is 0 Å². The third-order valence-corrected chi connectivity index (χ3v) is 8.78. The summed E-state index contributed by atoms with van der Waals surface area (Å²) < 4.78 is 46.5. The summed E-state index contributed by atoms with van der Waals surface area (Å²) in [4.78, 5) is 7.71. The van der Waals surface area contributed by atoms with Crippen molar-refractivity contribution in [1.29, 1.82) is 0 Å². The van der Waals surface area contributed by atoms with Crippen LogP contribution in [0.4, 0.5) is 0 Å². The molecule has 7 heterocycles. The Balaban J connectivity index is 0.000000197. The Labute approximate surface area is 204 Å². The van der Waals surface area contributed by atoms with Gasteiger partial charge in [0, 0.05) is 75.5 Å². The third-order valence-electron chi connectivity index (χ3n) is 5.14. The first-order chi connectivity index (χ1) is 15.5. The molecule has 0 atom stereocenters. The van der Waals surface area contributed by atoms with Crippen LogP contribution in [0.3, 0.4) is 0 Å². The maximum Gasteiger partial charge on any atom is 0 e. The van der Waals surface area contributed by atoms with Gasteiger partial charge < -0.3 is 4.55 Å². The van der Waals surface area contributed by atoms with Crippen molar-refractivity contribution in [1.82, 2.24) is 44.0 Å². The Hall–Kier alpha value is -1.79. The number of hydrogen-bond acceptors (Lipinski definition) is 9. The van der Waals surface area contributed by atoms with Crippen LogP contribution in [0.15, 0.2) is 55.4 Å². The number of hydrogen-bond donors (Lipinski definition) is 0. The zero-order valence-corrected chi connectivity index (χ0v) is 20.6. The van der Waals surface area contributed by atoms with Gasteiger partial charge in [-0.3, -0.25) is 14.7 Å². The molecule has 0 spiro atoms. The van der Waals surface area contributed by atoms with Crippen molar-refractivity contribution in [2.24, 2.45) is 0 Å². The topological polar surface area (TPSA) is 140 Å². The predicted molar refractivity (Wildman–Crippen MR) is 111 cm³/mol. The summed E-state index contributed by atoms with van der Waals surface area (Å²) in [6.45, 7) is 8.24. The van der Waals surface area contributed by atoms with E-state index in [1.165, 1.54) is 94.2 Å². The van der Waals surface area contributed by atoms with Gasteiger partial charge >= 0.3 is 16.4 Å². The first kappa shape index (κ1) is 25.8. The standard InChI is InChI=1S/C10H10N6O3S.C6H12N3P.CO.Rh/c17-20(18,19)10(14-7-1-4-11-14,15-8-2-5-12-15)16-9-3-6-13-16;1-7-2-9-3-8(1)5-10(4-7)6-9;1-2;/h1-9H,(H,17,18,19);1-6H2;;/p-1. The normalized spacial score (nSPS) is 25.2. The van der Waals surface area contributed by atoms with E-state index in [9.17, 15) is 13.0 Å².